The molecule has 4 heteroatoms. The first-order valence-electron chi connectivity index (χ1n) is 6.63. The number of hydrogen-bond donors (Lipinski definition) is 1. The van der Waals surface area contributed by atoms with Gasteiger partial charge in [-0.1, -0.05) is 0 Å². The van der Waals surface area contributed by atoms with Crippen LogP contribution in [0.15, 0.2) is 18.2 Å². The van der Waals surface area contributed by atoms with Crippen molar-refractivity contribution < 1.29 is 9.47 Å². The molecule has 1 fully saturated rings. The van der Waals surface area contributed by atoms with E-state index >= 15 is 0 Å². The van der Waals surface area contributed by atoms with E-state index in [0.717, 1.165) is 49.3 Å². The third kappa shape index (κ3) is 2.86. The van der Waals surface area contributed by atoms with Crippen LogP contribution < -0.4 is 14.8 Å². The molecule has 2 heterocycles. The molecular formula is C14H19NO2S. The van der Waals surface area contributed by atoms with Crippen LogP contribution in [0.4, 0.5) is 5.69 Å². The number of nitrogens with one attached hydrogen (secondary N) is 1. The van der Waals surface area contributed by atoms with E-state index in [9.17, 15) is 0 Å². The van der Waals surface area contributed by atoms with Crippen molar-refractivity contribution >= 4 is 17.4 Å². The van der Waals surface area contributed by atoms with Crippen LogP contribution >= 0.6 is 11.8 Å². The van der Waals surface area contributed by atoms with E-state index in [1.54, 1.807) is 0 Å². The summed E-state index contributed by atoms with van der Waals surface area (Å²) in [6, 6.07) is 6.14. The van der Waals surface area contributed by atoms with Gasteiger partial charge < -0.3 is 14.8 Å². The lowest BCUT2D eigenvalue weighted by atomic mass is 10.1. The number of ether oxygens (including phenoxy) is 2. The summed E-state index contributed by atoms with van der Waals surface area (Å²) in [4.78, 5) is 0. The quantitative estimate of drug-likeness (QED) is 0.910. The summed E-state index contributed by atoms with van der Waals surface area (Å²) in [6.45, 7) is 2.56. The maximum absolute atomic E-state index is 5.69. The standard InChI is InChI=1S/C14H19NO2S/c1-5-16-13-3-2-12(8-14(13)17-6-1)15-9-11-4-7-18-10-11/h2-3,8,11,15H,1,4-7,9-10H2. The molecule has 2 aliphatic rings. The minimum absolute atomic E-state index is 0.746. The van der Waals surface area contributed by atoms with Gasteiger partial charge in [0.15, 0.2) is 11.5 Å². The van der Waals surface area contributed by atoms with Crippen molar-refractivity contribution in [1.29, 1.82) is 0 Å². The van der Waals surface area contributed by atoms with E-state index < -0.39 is 0 Å². The van der Waals surface area contributed by atoms with Crippen molar-refractivity contribution in [3.8, 4) is 11.5 Å². The third-order valence-corrected chi connectivity index (χ3v) is 4.60. The van der Waals surface area contributed by atoms with Gasteiger partial charge in [-0.2, -0.15) is 11.8 Å². The first-order chi connectivity index (χ1) is 8.92. The van der Waals surface area contributed by atoms with Gasteiger partial charge in [0.2, 0.25) is 0 Å². The molecule has 1 saturated heterocycles. The van der Waals surface area contributed by atoms with Crippen LogP contribution in [0.1, 0.15) is 12.8 Å². The monoisotopic (exact) mass is 265 g/mol. The van der Waals surface area contributed by atoms with Crippen molar-refractivity contribution in [2.24, 2.45) is 5.92 Å². The molecule has 1 aromatic rings. The topological polar surface area (TPSA) is 30.5 Å². The Balaban J connectivity index is 1.63. The van der Waals surface area contributed by atoms with Crippen LogP contribution in [-0.2, 0) is 0 Å². The molecule has 1 N–H and O–H groups in total. The molecule has 98 valence electrons. The van der Waals surface area contributed by atoms with Gasteiger partial charge in [-0.3, -0.25) is 0 Å². The fourth-order valence-corrected chi connectivity index (χ4v) is 3.56. The number of thioether (sulfide) groups is 1. The van der Waals surface area contributed by atoms with Crippen LogP contribution in [0, 0.1) is 5.92 Å². The molecule has 0 bridgehead atoms. The highest BCUT2D eigenvalue weighted by molar-refractivity contribution is 7.99. The zero-order chi connectivity index (χ0) is 12.2. The molecule has 0 radical (unpaired) electrons. The van der Waals surface area contributed by atoms with Gasteiger partial charge in [-0.25, -0.2) is 0 Å². The normalized spacial score (nSPS) is 22.6. The van der Waals surface area contributed by atoms with E-state index in [0.29, 0.717) is 0 Å². The molecule has 0 spiro atoms. The van der Waals surface area contributed by atoms with Crippen LogP contribution in [0.2, 0.25) is 0 Å². The summed E-state index contributed by atoms with van der Waals surface area (Å²) in [5.74, 6) is 5.16. The van der Waals surface area contributed by atoms with Gasteiger partial charge in [0.25, 0.3) is 0 Å². The molecule has 1 atom stereocenters. The lowest BCUT2D eigenvalue weighted by molar-refractivity contribution is 0.297. The SMILES string of the molecule is c1cc2c(cc1NCC1CCSC1)OCCCO2. The van der Waals surface area contributed by atoms with E-state index in [-0.39, 0.29) is 0 Å². The lowest BCUT2D eigenvalue weighted by Gasteiger charge is -2.13. The molecule has 0 saturated carbocycles. The number of fused-ring (bicyclic) bond motifs is 1. The van der Waals surface area contributed by atoms with Crippen molar-refractivity contribution in [2.75, 3.05) is 36.6 Å². The third-order valence-electron chi connectivity index (χ3n) is 3.37. The summed E-state index contributed by atoms with van der Waals surface area (Å²) in [5, 5.41) is 3.51. The highest BCUT2D eigenvalue weighted by atomic mass is 32.2. The smallest absolute Gasteiger partial charge is 0.163 e. The van der Waals surface area contributed by atoms with Gasteiger partial charge in [-0.05, 0) is 36.0 Å². The maximum Gasteiger partial charge on any atom is 0.163 e. The number of anilines is 1. The highest BCUT2D eigenvalue weighted by Gasteiger charge is 2.15. The first-order valence-corrected chi connectivity index (χ1v) is 7.78. The van der Waals surface area contributed by atoms with Gasteiger partial charge in [0, 0.05) is 24.7 Å². The average Bonchev–Trinajstić information content (AvgIpc) is 2.80. The van der Waals surface area contributed by atoms with Gasteiger partial charge >= 0.3 is 0 Å². The molecular weight excluding hydrogens is 246 g/mol. The predicted molar refractivity (Wildman–Crippen MR) is 76.0 cm³/mol. The Morgan fingerprint density at radius 2 is 2.11 bits per heavy atom. The average molecular weight is 265 g/mol. The Bertz CT molecular complexity index is 405. The fourth-order valence-electron chi connectivity index (χ4n) is 2.28. The van der Waals surface area contributed by atoms with Crippen LogP contribution in [-0.4, -0.2) is 31.3 Å². The highest BCUT2D eigenvalue weighted by Crippen LogP contribution is 2.32. The second-order valence-electron chi connectivity index (χ2n) is 4.82. The number of rotatable bonds is 3. The minimum atomic E-state index is 0.746. The molecule has 3 nitrogen and oxygen atoms in total. The van der Waals surface area contributed by atoms with Crippen molar-refractivity contribution in [1.82, 2.24) is 0 Å². The largest absolute Gasteiger partial charge is 0.490 e. The molecule has 3 rings (SSSR count). The second-order valence-corrected chi connectivity index (χ2v) is 5.97. The zero-order valence-corrected chi connectivity index (χ0v) is 11.3. The first kappa shape index (κ1) is 12.0. The summed E-state index contributed by atoms with van der Waals surface area (Å²) >= 11 is 2.06. The summed E-state index contributed by atoms with van der Waals surface area (Å²) < 4.78 is 11.3. The number of benzene rings is 1. The Hall–Kier alpha value is -1.03. The molecule has 0 aromatic heterocycles. The minimum Gasteiger partial charge on any atom is -0.490 e. The lowest BCUT2D eigenvalue weighted by Crippen LogP contribution is -2.13. The van der Waals surface area contributed by atoms with Gasteiger partial charge in [-0.15, -0.1) is 0 Å². The Kier molecular flexibility index (Phi) is 3.84. The second kappa shape index (κ2) is 5.74. The Morgan fingerprint density at radius 1 is 1.22 bits per heavy atom. The zero-order valence-electron chi connectivity index (χ0n) is 10.5. The van der Waals surface area contributed by atoms with E-state index in [1.165, 1.54) is 17.9 Å². The maximum atomic E-state index is 5.69. The van der Waals surface area contributed by atoms with E-state index in [1.807, 2.05) is 6.07 Å². The van der Waals surface area contributed by atoms with E-state index in [4.69, 9.17) is 9.47 Å². The van der Waals surface area contributed by atoms with E-state index in [2.05, 4.69) is 29.2 Å². The summed E-state index contributed by atoms with van der Waals surface area (Å²) in [6.07, 6.45) is 2.29. The molecule has 18 heavy (non-hydrogen) atoms. The van der Waals surface area contributed by atoms with Gasteiger partial charge in [0.05, 0.1) is 13.2 Å². The molecule has 0 aliphatic carbocycles. The molecule has 0 amide bonds. The van der Waals surface area contributed by atoms with Crippen LogP contribution in [0.5, 0.6) is 11.5 Å². The van der Waals surface area contributed by atoms with Crippen LogP contribution in [0.3, 0.4) is 0 Å². The molecule has 2 aliphatic heterocycles. The number of hydrogen-bond acceptors (Lipinski definition) is 4. The summed E-state index contributed by atoms with van der Waals surface area (Å²) in [5.41, 5.74) is 1.14. The van der Waals surface area contributed by atoms with Crippen molar-refractivity contribution in [3.05, 3.63) is 18.2 Å². The fraction of sp³-hybridized carbons (Fsp3) is 0.571. The van der Waals surface area contributed by atoms with Crippen LogP contribution in [0.25, 0.3) is 0 Å². The Labute approximate surface area is 112 Å². The van der Waals surface area contributed by atoms with Crippen molar-refractivity contribution in [2.45, 2.75) is 12.8 Å². The molecule has 1 aromatic carbocycles. The van der Waals surface area contributed by atoms with Crippen molar-refractivity contribution in [3.63, 3.8) is 0 Å². The molecule has 1 unspecified atom stereocenters. The Morgan fingerprint density at radius 3 is 2.94 bits per heavy atom. The summed E-state index contributed by atoms with van der Waals surface area (Å²) in [7, 11) is 0. The van der Waals surface area contributed by atoms with Gasteiger partial charge in [0.1, 0.15) is 0 Å². The predicted octanol–water partition coefficient (Wildman–Crippen LogP) is 3.01.